The molecule has 23 heteroatoms. The third kappa shape index (κ3) is 15.8. The van der Waals surface area contributed by atoms with Crippen LogP contribution in [0.4, 0.5) is 84.7 Å². The zero-order valence-electron chi connectivity index (χ0n) is 32.2. The van der Waals surface area contributed by atoms with Crippen molar-refractivity contribution >= 4 is 13.0 Å². The molecule has 0 saturated carbocycles. The van der Waals surface area contributed by atoms with Crippen LogP contribution in [0.1, 0.15) is 111 Å². The molecule has 61 heavy (non-hydrogen) atoms. The van der Waals surface area contributed by atoms with Crippen molar-refractivity contribution in [2.24, 2.45) is 0 Å². The molecule has 3 rings (SSSR count). The molecular weight excluding hydrogens is 871 g/mol. The molecule has 0 fully saturated rings. The molecule has 0 radical (unpaired) electrons. The Labute approximate surface area is 338 Å². The lowest BCUT2D eigenvalue weighted by molar-refractivity contribution is -0.144. The van der Waals surface area contributed by atoms with Gasteiger partial charge in [0.05, 0.1) is 39.1 Å². The fraction of sp³-hybridized carbons (Fsp3) is 0.526. The first-order chi connectivity index (χ1) is 27.9. The fourth-order valence-corrected chi connectivity index (χ4v) is 5.98. The van der Waals surface area contributed by atoms with E-state index in [4.69, 9.17) is 14.0 Å². The molecule has 342 valence electrons. The largest absolute Gasteiger partial charge is 0.864 e. The Bertz CT molecular complexity index is 1730. The number of halogens is 18. The van der Waals surface area contributed by atoms with Gasteiger partial charge >= 0.3 is 44.4 Å². The van der Waals surface area contributed by atoms with Crippen LogP contribution in [-0.2, 0) is 37.1 Å². The van der Waals surface area contributed by atoms with E-state index in [9.17, 15) is 79.0 Å². The van der Waals surface area contributed by atoms with Crippen LogP contribution in [-0.4, -0.2) is 20.9 Å². The van der Waals surface area contributed by atoms with Gasteiger partial charge < -0.3 is 18.9 Å². The molecule has 0 aromatic heterocycles. The van der Waals surface area contributed by atoms with E-state index in [2.05, 4.69) is 6.92 Å². The van der Waals surface area contributed by atoms with Gasteiger partial charge in [-0.2, -0.15) is 79.0 Å². The van der Waals surface area contributed by atoms with Gasteiger partial charge in [0.2, 0.25) is 0 Å². The van der Waals surface area contributed by atoms with Crippen LogP contribution in [0.25, 0.3) is 0 Å². The van der Waals surface area contributed by atoms with Gasteiger partial charge in [-0.05, 0) is 55.0 Å². The summed E-state index contributed by atoms with van der Waals surface area (Å²) >= 11 is 0. The van der Waals surface area contributed by atoms with Crippen LogP contribution in [0, 0.1) is 0 Å². The Morgan fingerprint density at radius 2 is 0.738 bits per heavy atom. The summed E-state index contributed by atoms with van der Waals surface area (Å²) in [6, 6.07) is -1.96. The quantitative estimate of drug-likeness (QED) is 0.0681. The van der Waals surface area contributed by atoms with Crippen molar-refractivity contribution < 1.29 is 93.0 Å². The minimum absolute atomic E-state index is 0.0954. The van der Waals surface area contributed by atoms with E-state index in [1.165, 1.54) is 0 Å². The van der Waals surface area contributed by atoms with Crippen LogP contribution in [0.5, 0.6) is 17.2 Å². The zero-order chi connectivity index (χ0) is 46.2. The highest BCUT2D eigenvalue weighted by molar-refractivity contribution is 6.39. The van der Waals surface area contributed by atoms with Crippen LogP contribution in [0.15, 0.2) is 48.5 Å². The third-order valence-electron chi connectivity index (χ3n) is 9.00. The number of unbranched alkanes of at least 4 members (excludes halogenated alkanes) is 10. The average Bonchev–Trinajstić information content (AvgIpc) is 3.11. The standard InChI is InChI=1S/C38H38BF18NO3/c1-3-4-5-6-7-8-9-10-11-12-13-14-58(2)32-30(38(55,56)57)21-27(37(52,53)54)22-31(32)61-39(59-28-17-23(33(40,41)42)15-24(18-28)34(43,44)45)60-29-19-25(35(46,47)48)16-26(20-29)36(49,50)51/h15-22H,3-14H2,1-2H3. The van der Waals surface area contributed by atoms with E-state index in [0.717, 1.165) is 63.3 Å². The summed E-state index contributed by atoms with van der Waals surface area (Å²) in [5.74, 6) is -4.72. The van der Waals surface area contributed by atoms with Crippen LogP contribution in [0.2, 0.25) is 0 Å². The molecule has 0 amide bonds. The highest BCUT2D eigenvalue weighted by Crippen LogP contribution is 2.47. The number of benzene rings is 3. The highest BCUT2D eigenvalue weighted by atomic mass is 19.4. The minimum atomic E-state index is -5.64. The topological polar surface area (TPSA) is 30.9 Å². The SMILES string of the molecule is CCCCCCCCCCCCCN(C)c1c(OB(Oc2cc(C(F)(F)F)cc(C(F)(F)F)c2)Oc2cc(C(F)(F)F)cc(C(F)(F)F)c2)cc(C(F)(F)F)cc1C(F)(F)F. The molecule has 0 N–H and O–H groups in total. The summed E-state index contributed by atoms with van der Waals surface area (Å²) < 4.78 is 265. The second kappa shape index (κ2) is 20.2. The van der Waals surface area contributed by atoms with Gasteiger partial charge in [0.25, 0.3) is 0 Å². The van der Waals surface area contributed by atoms with E-state index >= 15 is 0 Å². The first kappa shape index (κ1) is 51.0. The van der Waals surface area contributed by atoms with Crippen molar-refractivity contribution in [3.63, 3.8) is 0 Å². The molecular formula is C38H38BF18NO3. The minimum Gasteiger partial charge on any atom is -0.490 e. The van der Waals surface area contributed by atoms with E-state index in [0.29, 0.717) is 12.8 Å². The molecule has 0 aliphatic carbocycles. The normalized spacial score (nSPS) is 13.0. The fourth-order valence-electron chi connectivity index (χ4n) is 5.98. The van der Waals surface area contributed by atoms with Crippen molar-refractivity contribution in [1.29, 1.82) is 0 Å². The third-order valence-corrected chi connectivity index (χ3v) is 9.00. The summed E-state index contributed by atoms with van der Waals surface area (Å²) in [7, 11) is -2.31. The summed E-state index contributed by atoms with van der Waals surface area (Å²) in [5.41, 5.74) is -13.7. The van der Waals surface area contributed by atoms with Gasteiger partial charge in [0.1, 0.15) is 17.2 Å². The molecule has 0 heterocycles. The summed E-state index contributed by atoms with van der Waals surface area (Å²) in [5, 5.41) is 0. The van der Waals surface area contributed by atoms with Gasteiger partial charge in [-0.3, -0.25) is 0 Å². The lowest BCUT2D eigenvalue weighted by atomic mass is 10.0. The van der Waals surface area contributed by atoms with Gasteiger partial charge in [-0.1, -0.05) is 71.1 Å². The Balaban J connectivity index is 2.17. The van der Waals surface area contributed by atoms with Crippen molar-refractivity contribution in [2.75, 3.05) is 18.5 Å². The average molecular weight is 910 g/mol. The van der Waals surface area contributed by atoms with Gasteiger partial charge in [-0.25, -0.2) is 0 Å². The predicted octanol–water partition coefficient (Wildman–Crippen LogP) is 15.1. The number of nitrogens with zero attached hydrogens (tertiary/aromatic N) is 1. The zero-order valence-corrected chi connectivity index (χ0v) is 32.2. The summed E-state index contributed by atoms with van der Waals surface area (Å²) in [4.78, 5) is 0.751. The number of hydrogen-bond acceptors (Lipinski definition) is 4. The predicted molar refractivity (Wildman–Crippen MR) is 187 cm³/mol. The van der Waals surface area contributed by atoms with E-state index in [-0.39, 0.29) is 49.4 Å². The lowest BCUT2D eigenvalue weighted by Crippen LogP contribution is -2.38. The van der Waals surface area contributed by atoms with Crippen LogP contribution in [0.3, 0.4) is 0 Å². The maximum atomic E-state index is 14.5. The summed E-state index contributed by atoms with van der Waals surface area (Å²) in [6.45, 7) is 1.73. The smallest absolute Gasteiger partial charge is 0.490 e. The van der Waals surface area contributed by atoms with Gasteiger partial charge in [0.15, 0.2) is 0 Å². The Kier molecular flexibility index (Phi) is 16.9. The number of rotatable bonds is 19. The van der Waals surface area contributed by atoms with Crippen LogP contribution < -0.4 is 18.9 Å². The molecule has 0 spiro atoms. The van der Waals surface area contributed by atoms with Crippen molar-refractivity contribution in [1.82, 2.24) is 0 Å². The Morgan fingerprint density at radius 1 is 0.410 bits per heavy atom. The van der Waals surface area contributed by atoms with Crippen LogP contribution >= 0.6 is 0 Å². The van der Waals surface area contributed by atoms with Gasteiger partial charge in [-0.15, -0.1) is 0 Å². The molecule has 3 aromatic rings. The van der Waals surface area contributed by atoms with E-state index in [1.807, 2.05) is 0 Å². The number of hydrogen-bond donors (Lipinski definition) is 0. The Hall–Kier alpha value is -4.34. The molecule has 0 saturated heterocycles. The molecule has 0 aliphatic heterocycles. The maximum absolute atomic E-state index is 14.5. The molecule has 0 bridgehead atoms. The highest BCUT2D eigenvalue weighted by Gasteiger charge is 2.45. The first-order valence-corrected chi connectivity index (χ1v) is 18.5. The van der Waals surface area contributed by atoms with Crippen molar-refractivity contribution in [3.05, 3.63) is 81.9 Å². The number of anilines is 1. The second-order valence-corrected chi connectivity index (χ2v) is 13.9. The second-order valence-electron chi connectivity index (χ2n) is 13.9. The monoisotopic (exact) mass is 909 g/mol. The lowest BCUT2D eigenvalue weighted by Gasteiger charge is -2.28. The maximum Gasteiger partial charge on any atom is 0.864 e. The Morgan fingerprint density at radius 3 is 1.07 bits per heavy atom. The van der Waals surface area contributed by atoms with Crippen molar-refractivity contribution in [3.8, 4) is 17.2 Å². The molecule has 3 aromatic carbocycles. The molecule has 0 aliphatic rings. The van der Waals surface area contributed by atoms with Crippen molar-refractivity contribution in [2.45, 2.75) is 115 Å². The number of alkyl halides is 18. The first-order valence-electron chi connectivity index (χ1n) is 18.5. The molecule has 0 unspecified atom stereocenters. The van der Waals surface area contributed by atoms with E-state index in [1.54, 1.807) is 0 Å². The van der Waals surface area contributed by atoms with Gasteiger partial charge in [0, 0.05) is 13.6 Å². The molecule has 4 nitrogen and oxygen atoms in total. The summed E-state index contributed by atoms with van der Waals surface area (Å²) in [6.07, 6.45) is -24.6. The van der Waals surface area contributed by atoms with E-state index < -0.39 is 113 Å². The molecule has 0 atom stereocenters.